The molecule has 0 radical (unpaired) electrons. The van der Waals surface area contributed by atoms with Crippen molar-refractivity contribution in [1.29, 1.82) is 0 Å². The largest absolute Gasteiger partial charge is 0.465 e. The molecule has 1 aromatic carbocycles. The van der Waals surface area contributed by atoms with Gasteiger partial charge in [0.15, 0.2) is 0 Å². The van der Waals surface area contributed by atoms with Crippen LogP contribution in [0.25, 0.3) is 11.1 Å². The number of rotatable bonds is 3. The first-order valence-corrected chi connectivity index (χ1v) is 5.94. The highest BCUT2D eigenvalue weighted by molar-refractivity contribution is 5.90. The van der Waals surface area contributed by atoms with Crippen LogP contribution in [0.3, 0.4) is 0 Å². The van der Waals surface area contributed by atoms with Gasteiger partial charge in [0.2, 0.25) is 0 Å². The van der Waals surface area contributed by atoms with E-state index in [1.165, 1.54) is 25.4 Å². The molecule has 0 N–H and O–H groups in total. The second-order valence-corrected chi connectivity index (χ2v) is 4.42. The lowest BCUT2D eigenvalue weighted by Gasteiger charge is -2.11. The number of hydrogen-bond donors (Lipinski definition) is 0. The van der Waals surface area contributed by atoms with Crippen LogP contribution in [-0.4, -0.2) is 18.1 Å². The van der Waals surface area contributed by atoms with Gasteiger partial charge in [-0.05, 0) is 11.6 Å². The molecule has 0 aliphatic carbocycles. The van der Waals surface area contributed by atoms with Gasteiger partial charge in [0.25, 0.3) is 5.92 Å². The number of hydrogen-bond acceptors (Lipinski definition) is 3. The van der Waals surface area contributed by atoms with Crippen LogP contribution in [0.15, 0.2) is 42.7 Å². The van der Waals surface area contributed by atoms with E-state index in [4.69, 9.17) is 0 Å². The minimum atomic E-state index is -2.87. The van der Waals surface area contributed by atoms with E-state index in [2.05, 4.69) is 9.72 Å². The zero-order valence-electron chi connectivity index (χ0n) is 11.1. The fraction of sp³-hybridized carbons (Fsp3) is 0.200. The zero-order chi connectivity index (χ0) is 14.8. The number of esters is 1. The van der Waals surface area contributed by atoms with Crippen LogP contribution in [0, 0.1) is 0 Å². The van der Waals surface area contributed by atoms with Gasteiger partial charge in [-0.2, -0.15) is 0 Å². The van der Waals surface area contributed by atoms with Crippen molar-refractivity contribution >= 4 is 5.97 Å². The molecule has 0 saturated carbocycles. The number of carbonyl (C=O) groups excluding carboxylic acids is 1. The Morgan fingerprint density at radius 2 is 1.80 bits per heavy atom. The standard InChI is InChI=1S/C15H13F2NO2/c1-15(16,17)13-5-3-10(4-6-13)11-7-12(9-18-8-11)14(19)20-2/h3-9H,1-2H3. The maximum atomic E-state index is 13.1. The Labute approximate surface area is 115 Å². The number of nitrogens with zero attached hydrogens (tertiary/aromatic N) is 1. The maximum absolute atomic E-state index is 13.1. The summed E-state index contributed by atoms with van der Waals surface area (Å²) in [4.78, 5) is 15.4. The van der Waals surface area contributed by atoms with E-state index in [1.54, 1.807) is 24.4 Å². The third-order valence-electron chi connectivity index (χ3n) is 2.88. The average Bonchev–Trinajstić information content (AvgIpc) is 2.46. The summed E-state index contributed by atoms with van der Waals surface area (Å²) in [5.74, 6) is -3.36. The number of benzene rings is 1. The van der Waals surface area contributed by atoms with Gasteiger partial charge in [-0.15, -0.1) is 0 Å². The Bertz CT molecular complexity index is 619. The zero-order valence-corrected chi connectivity index (χ0v) is 11.1. The predicted molar refractivity (Wildman–Crippen MR) is 70.6 cm³/mol. The molecule has 104 valence electrons. The van der Waals surface area contributed by atoms with Crippen LogP contribution < -0.4 is 0 Å². The maximum Gasteiger partial charge on any atom is 0.339 e. The van der Waals surface area contributed by atoms with E-state index in [-0.39, 0.29) is 5.56 Å². The van der Waals surface area contributed by atoms with Crippen molar-refractivity contribution in [1.82, 2.24) is 4.98 Å². The molecule has 1 aromatic heterocycles. The fourth-order valence-corrected chi connectivity index (χ4v) is 1.78. The van der Waals surface area contributed by atoms with Gasteiger partial charge in [0.05, 0.1) is 12.7 Å². The molecule has 0 aliphatic heterocycles. The monoisotopic (exact) mass is 277 g/mol. The number of alkyl halides is 2. The number of pyridine rings is 1. The van der Waals surface area contributed by atoms with E-state index in [1.807, 2.05) is 0 Å². The molecule has 0 amide bonds. The summed E-state index contributed by atoms with van der Waals surface area (Å²) in [6.07, 6.45) is 2.95. The minimum Gasteiger partial charge on any atom is -0.465 e. The summed E-state index contributed by atoms with van der Waals surface area (Å²) in [5, 5.41) is 0. The van der Waals surface area contributed by atoms with Crippen molar-refractivity contribution < 1.29 is 18.3 Å². The molecule has 0 unspecified atom stereocenters. The molecule has 0 aliphatic rings. The normalized spacial score (nSPS) is 11.2. The Balaban J connectivity index is 2.35. The Hall–Kier alpha value is -2.30. The number of ether oxygens (including phenoxy) is 1. The summed E-state index contributed by atoms with van der Waals surface area (Å²) < 4.78 is 30.9. The first-order chi connectivity index (χ1) is 9.41. The highest BCUT2D eigenvalue weighted by Gasteiger charge is 2.23. The van der Waals surface area contributed by atoms with Crippen LogP contribution in [0.2, 0.25) is 0 Å². The number of methoxy groups -OCH3 is 1. The van der Waals surface area contributed by atoms with Crippen LogP contribution in [0.4, 0.5) is 8.78 Å². The van der Waals surface area contributed by atoms with Crippen molar-refractivity contribution in [3.05, 3.63) is 53.9 Å². The number of aromatic nitrogens is 1. The Morgan fingerprint density at radius 3 is 2.35 bits per heavy atom. The van der Waals surface area contributed by atoms with Gasteiger partial charge in [-0.3, -0.25) is 4.98 Å². The third-order valence-corrected chi connectivity index (χ3v) is 2.88. The van der Waals surface area contributed by atoms with Gasteiger partial charge in [-0.25, -0.2) is 13.6 Å². The molecule has 20 heavy (non-hydrogen) atoms. The molecule has 0 atom stereocenters. The number of carbonyl (C=O) groups is 1. The second kappa shape index (κ2) is 5.36. The molecule has 2 aromatic rings. The van der Waals surface area contributed by atoms with E-state index < -0.39 is 11.9 Å². The lowest BCUT2D eigenvalue weighted by Crippen LogP contribution is -2.06. The highest BCUT2D eigenvalue weighted by atomic mass is 19.3. The summed E-state index contributed by atoms with van der Waals surface area (Å²) in [5.41, 5.74) is 1.63. The van der Waals surface area contributed by atoms with Crippen molar-refractivity contribution in [2.75, 3.05) is 7.11 Å². The average molecular weight is 277 g/mol. The first kappa shape index (κ1) is 14.1. The van der Waals surface area contributed by atoms with Crippen molar-refractivity contribution in [3.63, 3.8) is 0 Å². The minimum absolute atomic E-state index is 0.0571. The summed E-state index contributed by atoms with van der Waals surface area (Å²) >= 11 is 0. The second-order valence-electron chi connectivity index (χ2n) is 4.42. The van der Waals surface area contributed by atoms with E-state index in [0.717, 1.165) is 6.92 Å². The fourth-order valence-electron chi connectivity index (χ4n) is 1.78. The molecular formula is C15H13F2NO2. The van der Waals surface area contributed by atoms with Crippen molar-refractivity contribution in [3.8, 4) is 11.1 Å². The van der Waals surface area contributed by atoms with Gasteiger partial charge in [0.1, 0.15) is 0 Å². The van der Waals surface area contributed by atoms with E-state index >= 15 is 0 Å². The summed E-state index contributed by atoms with van der Waals surface area (Å²) in [6.45, 7) is 0.849. The molecule has 3 nitrogen and oxygen atoms in total. The topological polar surface area (TPSA) is 39.2 Å². The molecule has 0 spiro atoms. The van der Waals surface area contributed by atoms with Crippen LogP contribution in [0.5, 0.6) is 0 Å². The molecule has 0 fully saturated rings. The van der Waals surface area contributed by atoms with Crippen LogP contribution >= 0.6 is 0 Å². The lowest BCUT2D eigenvalue weighted by atomic mass is 10.0. The molecule has 0 bridgehead atoms. The van der Waals surface area contributed by atoms with Crippen LogP contribution in [-0.2, 0) is 10.7 Å². The Kier molecular flexibility index (Phi) is 3.79. The number of halogens is 2. The molecule has 0 saturated heterocycles. The van der Waals surface area contributed by atoms with E-state index in [0.29, 0.717) is 16.7 Å². The third kappa shape index (κ3) is 2.99. The molecule has 5 heteroatoms. The van der Waals surface area contributed by atoms with Gasteiger partial charge >= 0.3 is 5.97 Å². The summed E-state index contributed by atoms with van der Waals surface area (Å²) in [6, 6.07) is 7.48. The van der Waals surface area contributed by atoms with Gasteiger partial charge in [0, 0.05) is 30.4 Å². The predicted octanol–water partition coefficient (Wildman–Crippen LogP) is 3.65. The molecule has 2 rings (SSSR count). The van der Waals surface area contributed by atoms with Gasteiger partial charge in [-0.1, -0.05) is 24.3 Å². The molecule has 1 heterocycles. The van der Waals surface area contributed by atoms with Crippen LogP contribution in [0.1, 0.15) is 22.8 Å². The highest BCUT2D eigenvalue weighted by Crippen LogP contribution is 2.29. The SMILES string of the molecule is COC(=O)c1cncc(-c2ccc(C(C)(F)F)cc2)c1. The first-order valence-electron chi connectivity index (χ1n) is 5.94. The van der Waals surface area contributed by atoms with E-state index in [9.17, 15) is 13.6 Å². The Morgan fingerprint density at radius 1 is 1.15 bits per heavy atom. The van der Waals surface area contributed by atoms with Crippen molar-refractivity contribution in [2.45, 2.75) is 12.8 Å². The quantitative estimate of drug-likeness (QED) is 0.804. The summed E-state index contributed by atoms with van der Waals surface area (Å²) in [7, 11) is 1.28. The van der Waals surface area contributed by atoms with Gasteiger partial charge < -0.3 is 4.74 Å². The smallest absolute Gasteiger partial charge is 0.339 e. The van der Waals surface area contributed by atoms with Crippen molar-refractivity contribution in [2.24, 2.45) is 0 Å². The molecular weight excluding hydrogens is 264 g/mol. The lowest BCUT2D eigenvalue weighted by molar-refractivity contribution is 0.0175.